The lowest BCUT2D eigenvalue weighted by Gasteiger charge is -2.22. The Morgan fingerprint density at radius 1 is 0.255 bits per heavy atom. The maximum Gasteiger partial charge on any atom is 0.0159 e. The van der Waals surface area contributed by atoms with Gasteiger partial charge in [0, 0.05) is 5.41 Å². The van der Waals surface area contributed by atoms with Crippen LogP contribution in [0.15, 0.2) is 194 Å². The van der Waals surface area contributed by atoms with Crippen molar-refractivity contribution in [2.24, 2.45) is 0 Å². The molecule has 0 bridgehead atoms. The lowest BCUT2D eigenvalue weighted by atomic mass is 9.81. The summed E-state index contributed by atoms with van der Waals surface area (Å²) < 4.78 is 0. The van der Waals surface area contributed by atoms with Crippen LogP contribution in [0.3, 0.4) is 0 Å². The second-order valence-electron chi connectivity index (χ2n) is 15.8. The van der Waals surface area contributed by atoms with Crippen LogP contribution in [-0.4, -0.2) is 0 Å². The highest BCUT2D eigenvalue weighted by molar-refractivity contribution is 6.14. The van der Waals surface area contributed by atoms with Crippen LogP contribution in [0.1, 0.15) is 25.0 Å². The van der Waals surface area contributed by atoms with E-state index in [1.807, 2.05) is 0 Å². The Bertz CT molecular complexity index is 3180. The monoisotopic (exact) mass is 698 g/mol. The maximum atomic E-state index is 2.42. The van der Waals surface area contributed by atoms with Gasteiger partial charge >= 0.3 is 0 Å². The molecule has 0 nitrogen and oxygen atoms in total. The smallest absolute Gasteiger partial charge is 0.0159 e. The fourth-order valence-electron chi connectivity index (χ4n) is 9.27. The van der Waals surface area contributed by atoms with Crippen molar-refractivity contribution in [1.82, 2.24) is 0 Å². The zero-order valence-electron chi connectivity index (χ0n) is 31.0. The predicted octanol–water partition coefficient (Wildman–Crippen LogP) is 15.3. The summed E-state index contributed by atoms with van der Waals surface area (Å²) in [5.74, 6) is 0. The molecule has 0 fully saturated rings. The van der Waals surface area contributed by atoms with Crippen molar-refractivity contribution >= 4 is 43.1 Å². The van der Waals surface area contributed by atoms with Gasteiger partial charge in [0.15, 0.2) is 0 Å². The molecule has 0 atom stereocenters. The SMILES string of the molecule is CC1(C)c2ccccc2-c2ccc(-c3ccc4cc(-c5cc(-c6ccc7ccccc7c6)cc(-c6cc7ccccc7c7ccccc67)c5)ccc4c3)cc21. The highest BCUT2D eigenvalue weighted by Crippen LogP contribution is 2.49. The zero-order chi connectivity index (χ0) is 36.7. The van der Waals surface area contributed by atoms with Crippen LogP contribution in [0, 0.1) is 0 Å². The first-order valence-corrected chi connectivity index (χ1v) is 19.3. The van der Waals surface area contributed by atoms with Crippen LogP contribution >= 0.6 is 0 Å². The van der Waals surface area contributed by atoms with E-state index >= 15 is 0 Å². The molecular weight excluding hydrogens is 661 g/mol. The fourth-order valence-corrected chi connectivity index (χ4v) is 9.27. The zero-order valence-corrected chi connectivity index (χ0v) is 31.0. The van der Waals surface area contributed by atoms with Gasteiger partial charge in [0.25, 0.3) is 0 Å². The average molecular weight is 699 g/mol. The molecule has 0 unspecified atom stereocenters. The first-order valence-electron chi connectivity index (χ1n) is 19.3. The van der Waals surface area contributed by atoms with Crippen molar-refractivity contribution < 1.29 is 0 Å². The second kappa shape index (κ2) is 12.1. The Labute approximate surface area is 322 Å². The van der Waals surface area contributed by atoms with Gasteiger partial charge in [-0.25, -0.2) is 0 Å². The van der Waals surface area contributed by atoms with Crippen LogP contribution in [0.4, 0.5) is 0 Å². The number of benzene rings is 10. The first-order chi connectivity index (χ1) is 27.0. The number of hydrogen-bond donors (Lipinski definition) is 0. The van der Waals surface area contributed by atoms with Gasteiger partial charge < -0.3 is 0 Å². The summed E-state index contributed by atoms with van der Waals surface area (Å²) in [6, 6.07) is 72.4. The van der Waals surface area contributed by atoms with Crippen molar-refractivity contribution in [1.29, 1.82) is 0 Å². The molecule has 11 rings (SSSR count). The lowest BCUT2D eigenvalue weighted by molar-refractivity contribution is 0.660. The van der Waals surface area contributed by atoms with Gasteiger partial charge in [-0.05, 0) is 158 Å². The van der Waals surface area contributed by atoms with Gasteiger partial charge in [0.2, 0.25) is 0 Å². The van der Waals surface area contributed by atoms with Crippen LogP contribution in [0.5, 0.6) is 0 Å². The molecule has 0 saturated heterocycles. The summed E-state index contributed by atoms with van der Waals surface area (Å²) in [6.45, 7) is 4.71. The highest BCUT2D eigenvalue weighted by Gasteiger charge is 2.35. The van der Waals surface area contributed by atoms with Gasteiger partial charge in [-0.3, -0.25) is 0 Å². The molecule has 0 saturated carbocycles. The third-order valence-corrected chi connectivity index (χ3v) is 12.2. The Morgan fingerprint density at radius 3 is 1.45 bits per heavy atom. The van der Waals surface area contributed by atoms with E-state index < -0.39 is 0 Å². The van der Waals surface area contributed by atoms with Crippen molar-refractivity contribution in [3.63, 3.8) is 0 Å². The van der Waals surface area contributed by atoms with Crippen LogP contribution in [0.2, 0.25) is 0 Å². The molecule has 0 heterocycles. The van der Waals surface area contributed by atoms with Gasteiger partial charge in [-0.1, -0.05) is 159 Å². The summed E-state index contributed by atoms with van der Waals surface area (Å²) in [4.78, 5) is 0. The summed E-state index contributed by atoms with van der Waals surface area (Å²) in [5, 5.41) is 10.1. The third-order valence-electron chi connectivity index (χ3n) is 12.2. The summed E-state index contributed by atoms with van der Waals surface area (Å²) in [7, 11) is 0. The standard InChI is InChI=1S/C55H38/c1-55(2)53-18-10-9-17-50(53)51-26-25-42(34-54(51)55)39-22-21-38-29-41(24-23-37(38)28-39)45-30-44(40-20-19-35-11-3-4-12-36(35)27-40)31-46(32-45)52-33-43-13-5-6-14-47(43)48-15-7-8-16-49(48)52/h3-34H,1-2H3. The van der Waals surface area contributed by atoms with E-state index in [0.29, 0.717) is 0 Å². The van der Waals surface area contributed by atoms with Crippen molar-refractivity contribution in [3.8, 4) is 55.6 Å². The van der Waals surface area contributed by atoms with Crippen molar-refractivity contribution in [3.05, 3.63) is 205 Å². The van der Waals surface area contributed by atoms with E-state index in [-0.39, 0.29) is 5.41 Å². The number of hydrogen-bond acceptors (Lipinski definition) is 0. The molecule has 1 aliphatic carbocycles. The molecule has 10 aromatic carbocycles. The molecular formula is C55H38. The van der Waals surface area contributed by atoms with Crippen molar-refractivity contribution in [2.75, 3.05) is 0 Å². The van der Waals surface area contributed by atoms with Crippen LogP contribution in [0.25, 0.3) is 98.7 Å². The first kappa shape index (κ1) is 31.7. The van der Waals surface area contributed by atoms with Gasteiger partial charge in [-0.15, -0.1) is 0 Å². The fraction of sp³-hybridized carbons (Fsp3) is 0.0545. The molecule has 0 amide bonds. The molecule has 10 aromatic rings. The molecule has 0 radical (unpaired) electrons. The number of fused-ring (bicyclic) bond motifs is 8. The minimum Gasteiger partial charge on any atom is -0.0619 e. The molecule has 0 spiro atoms. The van der Waals surface area contributed by atoms with E-state index in [2.05, 4.69) is 208 Å². The van der Waals surface area contributed by atoms with E-state index in [1.54, 1.807) is 0 Å². The maximum absolute atomic E-state index is 2.42. The van der Waals surface area contributed by atoms with E-state index in [1.165, 1.54) is 110 Å². The molecule has 0 aromatic heterocycles. The van der Waals surface area contributed by atoms with E-state index in [9.17, 15) is 0 Å². The minimum atomic E-state index is -0.0208. The number of rotatable bonds is 4. The van der Waals surface area contributed by atoms with Gasteiger partial charge in [0.05, 0.1) is 0 Å². The molecule has 55 heavy (non-hydrogen) atoms. The van der Waals surface area contributed by atoms with Crippen molar-refractivity contribution in [2.45, 2.75) is 19.3 Å². The lowest BCUT2D eigenvalue weighted by Crippen LogP contribution is -2.14. The van der Waals surface area contributed by atoms with E-state index in [0.717, 1.165) is 0 Å². The van der Waals surface area contributed by atoms with E-state index in [4.69, 9.17) is 0 Å². The Balaban J connectivity index is 1.04. The van der Waals surface area contributed by atoms with Crippen LogP contribution < -0.4 is 0 Å². The van der Waals surface area contributed by atoms with Crippen LogP contribution in [-0.2, 0) is 5.41 Å². The summed E-state index contributed by atoms with van der Waals surface area (Å²) >= 11 is 0. The Kier molecular flexibility index (Phi) is 7.00. The summed E-state index contributed by atoms with van der Waals surface area (Å²) in [6.07, 6.45) is 0. The Morgan fingerprint density at radius 2 is 0.727 bits per heavy atom. The Hall–Kier alpha value is -6.76. The average Bonchev–Trinajstić information content (AvgIpc) is 3.47. The molecule has 0 N–H and O–H groups in total. The topological polar surface area (TPSA) is 0 Å². The summed E-state index contributed by atoms with van der Waals surface area (Å²) in [5.41, 5.74) is 15.4. The third kappa shape index (κ3) is 5.13. The quantitative estimate of drug-likeness (QED) is 0.161. The highest BCUT2D eigenvalue weighted by atomic mass is 14.4. The van der Waals surface area contributed by atoms with Gasteiger partial charge in [0.1, 0.15) is 0 Å². The molecule has 0 aliphatic heterocycles. The normalized spacial score (nSPS) is 13.1. The minimum absolute atomic E-state index is 0.0208. The molecule has 258 valence electrons. The predicted molar refractivity (Wildman–Crippen MR) is 236 cm³/mol. The molecule has 0 heteroatoms. The largest absolute Gasteiger partial charge is 0.0619 e. The molecule has 1 aliphatic rings. The van der Waals surface area contributed by atoms with Gasteiger partial charge in [-0.2, -0.15) is 0 Å². The second-order valence-corrected chi connectivity index (χ2v) is 15.8.